The van der Waals surface area contributed by atoms with Gasteiger partial charge in [-0.15, -0.1) is 0 Å². The highest BCUT2D eigenvalue weighted by atomic mass is 79.9. The van der Waals surface area contributed by atoms with E-state index in [1.54, 1.807) is 23.3 Å². The standard InChI is InChI=1S/C14H9BrClNO2/c15-9-4-1-2-6-11(9)17-8-12(18)14-10(16)5-3-7-13(14)19-17/h1-7H,8H2. The highest BCUT2D eigenvalue weighted by Crippen LogP contribution is 2.34. The van der Waals surface area contributed by atoms with Crippen molar-refractivity contribution in [1.29, 1.82) is 0 Å². The number of ketones is 1. The molecule has 1 aliphatic heterocycles. The fourth-order valence-corrected chi connectivity index (χ4v) is 2.75. The van der Waals surface area contributed by atoms with Crippen molar-refractivity contribution in [2.75, 3.05) is 11.6 Å². The molecule has 2 aromatic rings. The minimum Gasteiger partial charge on any atom is -0.378 e. The Bertz CT molecular complexity index is 660. The molecule has 5 heteroatoms. The lowest BCUT2D eigenvalue weighted by molar-refractivity contribution is 0.0942. The zero-order valence-electron chi connectivity index (χ0n) is 9.77. The molecule has 0 aromatic heterocycles. The SMILES string of the molecule is O=C1CN(c2ccccc2Br)Oc2cccc(Cl)c21. The molecule has 0 aliphatic carbocycles. The van der Waals surface area contributed by atoms with Gasteiger partial charge in [0.05, 0.1) is 16.3 Å². The molecule has 0 fully saturated rings. The molecule has 0 atom stereocenters. The van der Waals surface area contributed by atoms with Crippen LogP contribution < -0.4 is 9.90 Å². The molecule has 0 bridgehead atoms. The number of carbonyl (C=O) groups excluding carboxylic acids is 1. The first-order chi connectivity index (χ1) is 9.16. The van der Waals surface area contributed by atoms with Crippen LogP contribution in [-0.4, -0.2) is 12.3 Å². The first kappa shape index (κ1) is 12.5. The third kappa shape index (κ3) is 2.22. The molecule has 0 radical (unpaired) electrons. The molecule has 2 aromatic carbocycles. The number of benzene rings is 2. The number of nitrogens with zero attached hydrogens (tertiary/aromatic N) is 1. The zero-order valence-corrected chi connectivity index (χ0v) is 12.1. The molecule has 3 rings (SSSR count). The summed E-state index contributed by atoms with van der Waals surface area (Å²) in [5.74, 6) is 0.433. The van der Waals surface area contributed by atoms with Crippen molar-refractivity contribution < 1.29 is 9.63 Å². The number of fused-ring (bicyclic) bond motifs is 1. The molecule has 1 heterocycles. The Hall–Kier alpha value is -1.52. The maximum Gasteiger partial charge on any atom is 0.191 e. The van der Waals surface area contributed by atoms with Crippen LogP contribution in [0.1, 0.15) is 10.4 Å². The minimum atomic E-state index is -0.0531. The van der Waals surface area contributed by atoms with Crippen LogP contribution in [0.5, 0.6) is 5.75 Å². The van der Waals surface area contributed by atoms with E-state index in [-0.39, 0.29) is 12.3 Å². The summed E-state index contributed by atoms with van der Waals surface area (Å²) >= 11 is 9.48. The maximum atomic E-state index is 12.2. The number of Topliss-reactive ketones (excluding diaryl/α,β-unsaturated/α-hetero) is 1. The lowest BCUT2D eigenvalue weighted by Crippen LogP contribution is -2.38. The van der Waals surface area contributed by atoms with Gasteiger partial charge in [0.25, 0.3) is 0 Å². The molecular formula is C14H9BrClNO2. The van der Waals surface area contributed by atoms with Gasteiger partial charge in [0.2, 0.25) is 0 Å². The predicted octanol–water partition coefficient (Wildman–Crippen LogP) is 4.10. The van der Waals surface area contributed by atoms with Gasteiger partial charge in [-0.2, -0.15) is 0 Å². The Morgan fingerprint density at radius 3 is 2.74 bits per heavy atom. The fourth-order valence-electron chi connectivity index (χ4n) is 2.00. The Labute approximate surface area is 123 Å². The number of halogens is 2. The average molecular weight is 339 g/mol. The van der Waals surface area contributed by atoms with E-state index in [0.717, 1.165) is 10.2 Å². The van der Waals surface area contributed by atoms with Gasteiger partial charge in [-0.25, -0.2) is 5.06 Å². The molecular weight excluding hydrogens is 330 g/mol. The number of para-hydroxylation sites is 1. The molecule has 0 saturated heterocycles. The van der Waals surface area contributed by atoms with Crippen molar-refractivity contribution in [3.63, 3.8) is 0 Å². The smallest absolute Gasteiger partial charge is 0.191 e. The van der Waals surface area contributed by atoms with Gasteiger partial charge < -0.3 is 4.84 Å². The summed E-state index contributed by atoms with van der Waals surface area (Å²) in [5, 5.41) is 1.99. The van der Waals surface area contributed by atoms with Gasteiger partial charge in [0.15, 0.2) is 11.5 Å². The monoisotopic (exact) mass is 337 g/mol. The van der Waals surface area contributed by atoms with Crippen molar-refractivity contribution in [3.8, 4) is 5.75 Å². The van der Waals surface area contributed by atoms with Crippen molar-refractivity contribution in [2.24, 2.45) is 0 Å². The number of hydrogen-bond acceptors (Lipinski definition) is 3. The van der Waals surface area contributed by atoms with Crippen LogP contribution in [0.3, 0.4) is 0 Å². The van der Waals surface area contributed by atoms with Gasteiger partial charge >= 0.3 is 0 Å². The van der Waals surface area contributed by atoms with Gasteiger partial charge in [-0.3, -0.25) is 4.79 Å². The number of hydroxylamine groups is 1. The van der Waals surface area contributed by atoms with Crippen molar-refractivity contribution in [3.05, 3.63) is 57.5 Å². The first-order valence-electron chi connectivity index (χ1n) is 5.68. The summed E-state index contributed by atoms with van der Waals surface area (Å²) in [6.45, 7) is 0.138. The summed E-state index contributed by atoms with van der Waals surface area (Å²) in [7, 11) is 0. The lowest BCUT2D eigenvalue weighted by atomic mass is 10.1. The Morgan fingerprint density at radius 1 is 1.16 bits per heavy atom. The fraction of sp³-hybridized carbons (Fsp3) is 0.0714. The van der Waals surface area contributed by atoms with Crippen LogP contribution in [0.25, 0.3) is 0 Å². The van der Waals surface area contributed by atoms with Crippen molar-refractivity contribution in [2.45, 2.75) is 0 Å². The highest BCUT2D eigenvalue weighted by molar-refractivity contribution is 9.10. The number of hydrogen-bond donors (Lipinski definition) is 0. The van der Waals surface area contributed by atoms with Gasteiger partial charge in [0.1, 0.15) is 6.54 Å². The molecule has 0 N–H and O–H groups in total. The molecule has 0 saturated carbocycles. The van der Waals surface area contributed by atoms with E-state index in [0.29, 0.717) is 16.3 Å². The molecule has 3 nitrogen and oxygen atoms in total. The summed E-state index contributed by atoms with van der Waals surface area (Å²) < 4.78 is 0.869. The van der Waals surface area contributed by atoms with E-state index >= 15 is 0 Å². The van der Waals surface area contributed by atoms with E-state index in [1.807, 2.05) is 24.3 Å². The van der Waals surface area contributed by atoms with E-state index in [9.17, 15) is 4.79 Å². The number of carbonyl (C=O) groups is 1. The van der Waals surface area contributed by atoms with Crippen LogP contribution in [0.4, 0.5) is 5.69 Å². The third-order valence-electron chi connectivity index (χ3n) is 2.87. The summed E-state index contributed by atoms with van der Waals surface area (Å²) in [4.78, 5) is 17.9. The second kappa shape index (κ2) is 4.87. The number of anilines is 1. The topological polar surface area (TPSA) is 29.5 Å². The van der Waals surface area contributed by atoms with Crippen LogP contribution in [0.2, 0.25) is 5.02 Å². The molecule has 19 heavy (non-hydrogen) atoms. The lowest BCUT2D eigenvalue weighted by Gasteiger charge is -2.30. The molecule has 1 aliphatic rings. The van der Waals surface area contributed by atoms with E-state index in [2.05, 4.69) is 15.9 Å². The first-order valence-corrected chi connectivity index (χ1v) is 6.85. The molecule has 96 valence electrons. The Balaban J connectivity index is 2.03. The van der Waals surface area contributed by atoms with Crippen molar-refractivity contribution in [1.82, 2.24) is 0 Å². The second-order valence-corrected chi connectivity index (χ2v) is 5.38. The molecule has 0 spiro atoms. The van der Waals surface area contributed by atoms with Gasteiger partial charge in [-0.1, -0.05) is 29.8 Å². The minimum absolute atomic E-state index is 0.0531. The molecule has 0 amide bonds. The Morgan fingerprint density at radius 2 is 1.95 bits per heavy atom. The highest BCUT2D eigenvalue weighted by Gasteiger charge is 2.28. The summed E-state index contributed by atoms with van der Waals surface area (Å²) in [5.41, 5.74) is 1.26. The normalized spacial score (nSPS) is 14.0. The van der Waals surface area contributed by atoms with Crippen LogP contribution in [-0.2, 0) is 0 Å². The second-order valence-electron chi connectivity index (χ2n) is 4.12. The van der Waals surface area contributed by atoms with Crippen LogP contribution >= 0.6 is 27.5 Å². The van der Waals surface area contributed by atoms with E-state index in [1.165, 1.54) is 0 Å². The predicted molar refractivity (Wildman–Crippen MR) is 77.9 cm³/mol. The summed E-state index contributed by atoms with van der Waals surface area (Å²) in [6, 6.07) is 12.8. The van der Waals surface area contributed by atoms with Gasteiger partial charge in [0, 0.05) is 4.47 Å². The largest absolute Gasteiger partial charge is 0.378 e. The Kier molecular flexibility index (Phi) is 3.21. The van der Waals surface area contributed by atoms with E-state index < -0.39 is 0 Å². The van der Waals surface area contributed by atoms with Gasteiger partial charge in [-0.05, 0) is 40.2 Å². The van der Waals surface area contributed by atoms with Crippen LogP contribution in [0.15, 0.2) is 46.9 Å². The number of rotatable bonds is 1. The summed E-state index contributed by atoms with van der Waals surface area (Å²) in [6.07, 6.45) is 0. The third-order valence-corrected chi connectivity index (χ3v) is 3.86. The van der Waals surface area contributed by atoms with Crippen LogP contribution in [0, 0.1) is 0 Å². The zero-order chi connectivity index (χ0) is 13.4. The molecule has 0 unspecified atom stereocenters. The average Bonchev–Trinajstić information content (AvgIpc) is 2.39. The van der Waals surface area contributed by atoms with E-state index in [4.69, 9.17) is 16.4 Å². The quantitative estimate of drug-likeness (QED) is 0.784. The maximum absolute atomic E-state index is 12.2. The van der Waals surface area contributed by atoms with Crippen molar-refractivity contribution >= 4 is 39.0 Å².